The van der Waals surface area contributed by atoms with Crippen LogP contribution >= 0.6 is 11.3 Å². The smallest absolute Gasteiger partial charge is 0.202 e. The van der Waals surface area contributed by atoms with Crippen molar-refractivity contribution >= 4 is 28.4 Å². The lowest BCUT2D eigenvalue weighted by atomic mass is 10.4. The predicted octanol–water partition coefficient (Wildman–Crippen LogP) is 1.96. The molecule has 6 nitrogen and oxygen atoms in total. The molecule has 3 aromatic rings. The molecule has 0 atom stereocenters. The van der Waals surface area contributed by atoms with Gasteiger partial charge in [-0.3, -0.25) is 4.57 Å². The van der Waals surface area contributed by atoms with E-state index in [2.05, 4.69) is 27.4 Å². The molecule has 0 amide bonds. The summed E-state index contributed by atoms with van der Waals surface area (Å²) in [5.41, 5.74) is 9.81. The molecule has 0 saturated heterocycles. The molecular weight excluding hydrogens is 260 g/mol. The minimum atomic E-state index is 0.517. The fraction of sp³-hybridized carbons (Fsp3) is 0.417. The van der Waals surface area contributed by atoms with Gasteiger partial charge in [-0.1, -0.05) is 0 Å². The number of rotatable bonds is 3. The number of hydrogen-bond acceptors (Lipinski definition) is 5. The molecule has 100 valence electrons. The van der Waals surface area contributed by atoms with Gasteiger partial charge >= 0.3 is 0 Å². The van der Waals surface area contributed by atoms with Crippen molar-refractivity contribution in [2.45, 2.75) is 33.9 Å². The van der Waals surface area contributed by atoms with E-state index in [0.29, 0.717) is 12.5 Å². The largest absolute Gasteiger partial charge is 0.369 e. The number of fused-ring (bicyclic) bond motifs is 1. The molecule has 3 heterocycles. The van der Waals surface area contributed by atoms with Crippen molar-refractivity contribution in [1.82, 2.24) is 24.3 Å². The first kappa shape index (κ1) is 12.2. The second kappa shape index (κ2) is 4.34. The Morgan fingerprint density at radius 3 is 2.74 bits per heavy atom. The predicted molar refractivity (Wildman–Crippen MR) is 76.3 cm³/mol. The number of nitrogens with zero attached hydrogens (tertiary/aromatic N) is 5. The van der Waals surface area contributed by atoms with Crippen LogP contribution in [0.2, 0.25) is 0 Å². The number of anilines is 1. The molecule has 19 heavy (non-hydrogen) atoms. The molecule has 0 aliphatic heterocycles. The minimum absolute atomic E-state index is 0.517. The Hall–Kier alpha value is -1.89. The number of hydrogen-bond donors (Lipinski definition) is 1. The number of aromatic nitrogens is 5. The fourth-order valence-corrected chi connectivity index (χ4v) is 2.86. The molecule has 0 aliphatic carbocycles. The zero-order chi connectivity index (χ0) is 13.6. The lowest BCUT2D eigenvalue weighted by Crippen LogP contribution is -2.09. The van der Waals surface area contributed by atoms with Crippen LogP contribution in [0.25, 0.3) is 11.2 Å². The third-order valence-corrected chi connectivity index (χ3v) is 3.94. The van der Waals surface area contributed by atoms with Gasteiger partial charge in [0.1, 0.15) is 5.52 Å². The lowest BCUT2D eigenvalue weighted by Gasteiger charge is -2.06. The SMILES string of the molecule is CCn1nc(C)c2nc(N)n(Cc3csc(C)n3)c21. The monoisotopic (exact) mass is 276 g/mol. The molecule has 2 N–H and O–H groups in total. The first-order valence-electron chi connectivity index (χ1n) is 6.20. The number of nitrogen functional groups attached to an aromatic ring is 1. The highest BCUT2D eigenvalue weighted by Crippen LogP contribution is 2.22. The second-order valence-corrected chi connectivity index (χ2v) is 5.55. The van der Waals surface area contributed by atoms with Crippen molar-refractivity contribution in [3.8, 4) is 0 Å². The van der Waals surface area contributed by atoms with Crippen molar-refractivity contribution in [1.29, 1.82) is 0 Å². The number of aryl methyl sites for hydroxylation is 3. The Balaban J connectivity index is 2.14. The summed E-state index contributed by atoms with van der Waals surface area (Å²) in [5.74, 6) is 0.517. The fourth-order valence-electron chi connectivity index (χ4n) is 2.26. The van der Waals surface area contributed by atoms with Crippen molar-refractivity contribution in [2.24, 2.45) is 0 Å². The summed E-state index contributed by atoms with van der Waals surface area (Å²) in [4.78, 5) is 8.90. The van der Waals surface area contributed by atoms with Gasteiger partial charge < -0.3 is 5.73 Å². The highest BCUT2D eigenvalue weighted by atomic mass is 32.1. The minimum Gasteiger partial charge on any atom is -0.369 e. The van der Waals surface area contributed by atoms with E-state index in [1.165, 1.54) is 0 Å². The maximum atomic E-state index is 6.03. The van der Waals surface area contributed by atoms with Crippen LogP contribution in [-0.2, 0) is 13.1 Å². The summed E-state index contributed by atoms with van der Waals surface area (Å²) in [6, 6.07) is 0. The third kappa shape index (κ3) is 1.90. The van der Waals surface area contributed by atoms with E-state index in [1.54, 1.807) is 11.3 Å². The summed E-state index contributed by atoms with van der Waals surface area (Å²) in [7, 11) is 0. The van der Waals surface area contributed by atoms with Gasteiger partial charge in [0, 0.05) is 11.9 Å². The van der Waals surface area contributed by atoms with Crippen molar-refractivity contribution in [3.63, 3.8) is 0 Å². The summed E-state index contributed by atoms with van der Waals surface area (Å²) >= 11 is 1.64. The van der Waals surface area contributed by atoms with E-state index in [9.17, 15) is 0 Å². The molecule has 0 radical (unpaired) electrons. The third-order valence-electron chi connectivity index (χ3n) is 3.11. The first-order valence-corrected chi connectivity index (χ1v) is 7.08. The van der Waals surface area contributed by atoms with Crippen LogP contribution in [0, 0.1) is 13.8 Å². The highest BCUT2D eigenvalue weighted by Gasteiger charge is 2.17. The van der Waals surface area contributed by atoms with Gasteiger partial charge in [-0.05, 0) is 20.8 Å². The van der Waals surface area contributed by atoms with Gasteiger partial charge in [-0.2, -0.15) is 5.10 Å². The average Bonchev–Trinajstić information content (AvgIpc) is 3.00. The van der Waals surface area contributed by atoms with Crippen LogP contribution in [0.15, 0.2) is 5.38 Å². The highest BCUT2D eigenvalue weighted by molar-refractivity contribution is 7.09. The topological polar surface area (TPSA) is 74.6 Å². The summed E-state index contributed by atoms with van der Waals surface area (Å²) in [5, 5.41) is 7.59. The Bertz CT molecular complexity index is 735. The zero-order valence-electron chi connectivity index (χ0n) is 11.2. The quantitative estimate of drug-likeness (QED) is 0.793. The Labute approximate surface area is 114 Å². The normalized spacial score (nSPS) is 11.5. The average molecular weight is 276 g/mol. The van der Waals surface area contributed by atoms with Crippen molar-refractivity contribution in [3.05, 3.63) is 21.8 Å². The Morgan fingerprint density at radius 2 is 2.11 bits per heavy atom. The molecule has 0 aliphatic rings. The maximum absolute atomic E-state index is 6.03. The Morgan fingerprint density at radius 1 is 1.32 bits per heavy atom. The van der Waals surface area contributed by atoms with Gasteiger partial charge in [0.05, 0.1) is 22.9 Å². The molecule has 0 spiro atoms. The second-order valence-electron chi connectivity index (χ2n) is 4.49. The molecular formula is C12H16N6S. The van der Waals surface area contributed by atoms with Crippen LogP contribution in [0.5, 0.6) is 0 Å². The molecule has 0 unspecified atom stereocenters. The summed E-state index contributed by atoms with van der Waals surface area (Å²) in [6.45, 7) is 7.45. The van der Waals surface area contributed by atoms with Crippen LogP contribution in [0.4, 0.5) is 5.95 Å². The van der Waals surface area contributed by atoms with Crippen LogP contribution in [0.3, 0.4) is 0 Å². The van der Waals surface area contributed by atoms with Crippen LogP contribution in [-0.4, -0.2) is 24.3 Å². The number of thiazole rings is 1. The first-order chi connectivity index (χ1) is 9.10. The van der Waals surface area contributed by atoms with Gasteiger partial charge in [0.25, 0.3) is 0 Å². The standard InChI is InChI=1S/C12H16N6S/c1-4-18-11-10(7(2)16-18)15-12(13)17(11)5-9-6-19-8(3)14-9/h6H,4-5H2,1-3H3,(H2,13,15). The summed E-state index contributed by atoms with van der Waals surface area (Å²) in [6.07, 6.45) is 0. The summed E-state index contributed by atoms with van der Waals surface area (Å²) < 4.78 is 3.92. The van der Waals surface area contributed by atoms with E-state index < -0.39 is 0 Å². The molecule has 3 aromatic heterocycles. The van der Waals surface area contributed by atoms with Crippen molar-refractivity contribution in [2.75, 3.05) is 5.73 Å². The van der Waals surface area contributed by atoms with Gasteiger partial charge in [0.2, 0.25) is 5.95 Å². The molecule has 0 saturated carbocycles. The Kier molecular flexibility index (Phi) is 2.78. The number of imidazole rings is 1. The molecule has 0 bridgehead atoms. The van der Waals surface area contributed by atoms with Gasteiger partial charge in [-0.25, -0.2) is 14.6 Å². The lowest BCUT2D eigenvalue weighted by molar-refractivity contribution is 0.646. The van der Waals surface area contributed by atoms with E-state index in [4.69, 9.17) is 5.73 Å². The maximum Gasteiger partial charge on any atom is 0.202 e. The van der Waals surface area contributed by atoms with E-state index in [1.807, 2.05) is 23.1 Å². The molecule has 0 aromatic carbocycles. The van der Waals surface area contributed by atoms with E-state index in [-0.39, 0.29) is 0 Å². The number of nitrogens with two attached hydrogens (primary N) is 1. The van der Waals surface area contributed by atoms with Crippen LogP contribution in [0.1, 0.15) is 23.3 Å². The van der Waals surface area contributed by atoms with E-state index in [0.717, 1.165) is 34.1 Å². The van der Waals surface area contributed by atoms with Crippen LogP contribution < -0.4 is 5.73 Å². The molecule has 7 heteroatoms. The van der Waals surface area contributed by atoms with E-state index >= 15 is 0 Å². The zero-order valence-corrected chi connectivity index (χ0v) is 12.0. The molecule has 3 rings (SSSR count). The van der Waals surface area contributed by atoms with Gasteiger partial charge in [0.15, 0.2) is 5.65 Å². The molecule has 0 fully saturated rings. The van der Waals surface area contributed by atoms with Gasteiger partial charge in [-0.15, -0.1) is 11.3 Å². The van der Waals surface area contributed by atoms with Crippen molar-refractivity contribution < 1.29 is 0 Å².